The van der Waals surface area contributed by atoms with Gasteiger partial charge in [-0.15, -0.1) is 0 Å². The van der Waals surface area contributed by atoms with Gasteiger partial charge in [0, 0.05) is 12.1 Å². The molecular weight excluding hydrogens is 296 g/mol. The van der Waals surface area contributed by atoms with Crippen molar-refractivity contribution in [1.82, 2.24) is 5.32 Å². The van der Waals surface area contributed by atoms with Gasteiger partial charge in [-0.2, -0.15) is 0 Å². The Kier molecular flexibility index (Phi) is 6.06. The van der Waals surface area contributed by atoms with E-state index >= 15 is 0 Å². The molecule has 114 valence electrons. The molecule has 0 fully saturated rings. The first-order valence-corrected chi connectivity index (χ1v) is 7.43. The van der Waals surface area contributed by atoms with Crippen molar-refractivity contribution in [2.24, 2.45) is 0 Å². The summed E-state index contributed by atoms with van der Waals surface area (Å²) in [6.07, 6.45) is 1.05. The van der Waals surface area contributed by atoms with Gasteiger partial charge in [0.1, 0.15) is 0 Å². The highest BCUT2D eigenvalue weighted by Crippen LogP contribution is 2.10. The van der Waals surface area contributed by atoms with E-state index in [1.165, 1.54) is 0 Å². The molecule has 0 aliphatic rings. The largest absolute Gasteiger partial charge is 0.392 e. The fourth-order valence-electron chi connectivity index (χ4n) is 2.00. The molecule has 0 saturated carbocycles. The molecule has 0 atom stereocenters. The average molecular weight is 314 g/mol. The molecule has 3 N–H and O–H groups in total. The van der Waals surface area contributed by atoms with E-state index < -0.39 is 0 Å². The molecule has 2 rings (SSSR count). The van der Waals surface area contributed by atoms with Gasteiger partial charge in [0.05, 0.1) is 6.61 Å². The van der Waals surface area contributed by atoms with Crippen LogP contribution in [0.3, 0.4) is 0 Å². The topological polar surface area (TPSA) is 61.4 Å². The van der Waals surface area contributed by atoms with Gasteiger partial charge in [0.25, 0.3) is 0 Å². The number of carbonyl (C=O) groups is 1. The van der Waals surface area contributed by atoms with E-state index in [2.05, 4.69) is 10.6 Å². The molecule has 2 aromatic carbocycles. The van der Waals surface area contributed by atoms with Crippen molar-refractivity contribution in [2.75, 3.05) is 5.32 Å². The maximum absolute atomic E-state index is 11.9. The number of amides is 1. The van der Waals surface area contributed by atoms with Crippen molar-refractivity contribution in [3.8, 4) is 0 Å². The van der Waals surface area contributed by atoms with Gasteiger partial charge < -0.3 is 15.7 Å². The number of aliphatic hydroxyl groups is 1. The average Bonchev–Trinajstić information content (AvgIpc) is 2.54. The van der Waals surface area contributed by atoms with E-state index in [4.69, 9.17) is 17.3 Å². The van der Waals surface area contributed by atoms with Crippen LogP contribution in [0.1, 0.15) is 17.5 Å². The lowest BCUT2D eigenvalue weighted by molar-refractivity contribution is -0.119. The van der Waals surface area contributed by atoms with Gasteiger partial charge in [-0.1, -0.05) is 42.5 Å². The minimum atomic E-state index is -0.125. The Bertz CT molecular complexity index is 644. The molecule has 5 heteroatoms. The zero-order valence-corrected chi connectivity index (χ0v) is 12.9. The van der Waals surface area contributed by atoms with Crippen LogP contribution in [0, 0.1) is 0 Å². The first-order chi connectivity index (χ1) is 10.7. The molecule has 0 saturated heterocycles. The summed E-state index contributed by atoms with van der Waals surface area (Å²) >= 11 is 5.12. The van der Waals surface area contributed by atoms with Gasteiger partial charge in [-0.25, -0.2) is 0 Å². The molecule has 0 unspecified atom stereocenters. The summed E-state index contributed by atoms with van der Waals surface area (Å²) in [6, 6.07) is 17.1. The van der Waals surface area contributed by atoms with Crippen LogP contribution in [0.25, 0.3) is 0 Å². The second kappa shape index (κ2) is 8.26. The van der Waals surface area contributed by atoms with Crippen molar-refractivity contribution in [3.63, 3.8) is 0 Å². The summed E-state index contributed by atoms with van der Waals surface area (Å²) < 4.78 is 0. The SMILES string of the molecule is O=C(CCc1ccccc1)NC(=S)Nc1cccc(CO)c1. The number of aliphatic hydroxyl groups excluding tert-OH is 1. The lowest BCUT2D eigenvalue weighted by atomic mass is 10.1. The zero-order chi connectivity index (χ0) is 15.8. The van der Waals surface area contributed by atoms with Crippen molar-refractivity contribution >= 4 is 28.9 Å². The lowest BCUT2D eigenvalue weighted by Crippen LogP contribution is -2.34. The van der Waals surface area contributed by atoms with Crippen molar-refractivity contribution in [3.05, 3.63) is 65.7 Å². The van der Waals surface area contributed by atoms with Crippen LogP contribution < -0.4 is 10.6 Å². The van der Waals surface area contributed by atoms with Crippen LogP contribution in [0.2, 0.25) is 0 Å². The van der Waals surface area contributed by atoms with Gasteiger partial charge in [0.2, 0.25) is 5.91 Å². The number of carbonyl (C=O) groups excluding carboxylic acids is 1. The third-order valence-corrected chi connectivity index (χ3v) is 3.31. The molecule has 4 nitrogen and oxygen atoms in total. The predicted molar refractivity (Wildman–Crippen MR) is 91.5 cm³/mol. The monoisotopic (exact) mass is 314 g/mol. The van der Waals surface area contributed by atoms with Crippen LogP contribution in [0.5, 0.6) is 0 Å². The number of aryl methyl sites for hydroxylation is 1. The summed E-state index contributed by atoms with van der Waals surface area (Å²) in [5.41, 5.74) is 2.63. The van der Waals surface area contributed by atoms with E-state index in [1.807, 2.05) is 48.5 Å². The maximum atomic E-state index is 11.9. The van der Waals surface area contributed by atoms with Crippen LogP contribution in [0.4, 0.5) is 5.69 Å². The quantitative estimate of drug-likeness (QED) is 0.743. The molecule has 2 aromatic rings. The first-order valence-electron chi connectivity index (χ1n) is 7.02. The summed E-state index contributed by atoms with van der Waals surface area (Å²) in [5, 5.41) is 14.9. The van der Waals surface area contributed by atoms with Gasteiger partial charge in [0.15, 0.2) is 5.11 Å². The van der Waals surface area contributed by atoms with E-state index in [-0.39, 0.29) is 17.6 Å². The molecule has 1 amide bonds. The Morgan fingerprint density at radius 1 is 1.05 bits per heavy atom. The third kappa shape index (κ3) is 5.27. The fraction of sp³-hybridized carbons (Fsp3) is 0.176. The molecule has 0 bridgehead atoms. The minimum absolute atomic E-state index is 0.0360. The highest BCUT2D eigenvalue weighted by atomic mass is 32.1. The summed E-state index contributed by atoms with van der Waals surface area (Å²) in [4.78, 5) is 11.9. The molecule has 0 aliphatic carbocycles. The molecule has 0 radical (unpaired) electrons. The maximum Gasteiger partial charge on any atom is 0.226 e. The Morgan fingerprint density at radius 2 is 1.77 bits per heavy atom. The van der Waals surface area contributed by atoms with Crippen LogP contribution in [-0.2, 0) is 17.8 Å². The molecule has 0 heterocycles. The Hall–Kier alpha value is -2.24. The number of rotatable bonds is 5. The minimum Gasteiger partial charge on any atom is -0.392 e. The fourth-order valence-corrected chi connectivity index (χ4v) is 2.23. The van der Waals surface area contributed by atoms with Gasteiger partial charge in [-0.05, 0) is 41.9 Å². The van der Waals surface area contributed by atoms with Gasteiger partial charge >= 0.3 is 0 Å². The predicted octanol–water partition coefficient (Wildman–Crippen LogP) is 2.62. The Balaban J connectivity index is 1.79. The van der Waals surface area contributed by atoms with Crippen LogP contribution in [0.15, 0.2) is 54.6 Å². The number of hydrogen-bond donors (Lipinski definition) is 3. The molecule has 0 spiro atoms. The van der Waals surface area contributed by atoms with Crippen LogP contribution >= 0.6 is 12.2 Å². The number of thiocarbonyl (C=S) groups is 1. The van der Waals surface area contributed by atoms with Crippen molar-refractivity contribution < 1.29 is 9.90 Å². The number of hydrogen-bond acceptors (Lipinski definition) is 3. The summed E-state index contributed by atoms with van der Waals surface area (Å²) in [7, 11) is 0. The zero-order valence-electron chi connectivity index (χ0n) is 12.1. The van der Waals surface area contributed by atoms with E-state index in [9.17, 15) is 4.79 Å². The van der Waals surface area contributed by atoms with E-state index in [0.29, 0.717) is 12.8 Å². The van der Waals surface area contributed by atoms with Crippen LogP contribution in [-0.4, -0.2) is 16.1 Å². The second-order valence-corrected chi connectivity index (χ2v) is 5.25. The highest BCUT2D eigenvalue weighted by Gasteiger charge is 2.05. The smallest absolute Gasteiger partial charge is 0.226 e. The Labute approximate surface area is 135 Å². The van der Waals surface area contributed by atoms with Crippen molar-refractivity contribution in [2.45, 2.75) is 19.4 Å². The normalized spacial score (nSPS) is 10.0. The van der Waals surface area contributed by atoms with Crippen molar-refractivity contribution in [1.29, 1.82) is 0 Å². The van der Waals surface area contributed by atoms with E-state index in [0.717, 1.165) is 16.8 Å². The van der Waals surface area contributed by atoms with E-state index in [1.54, 1.807) is 6.07 Å². The molecular formula is C17H18N2O2S. The first kappa shape index (κ1) is 16.1. The summed E-state index contributed by atoms with van der Waals surface area (Å²) in [5.74, 6) is -0.125. The molecule has 22 heavy (non-hydrogen) atoms. The molecule has 0 aromatic heterocycles. The standard InChI is InChI=1S/C17H18N2O2S/c20-12-14-7-4-8-15(11-14)18-17(22)19-16(21)10-9-13-5-2-1-3-6-13/h1-8,11,20H,9-10,12H2,(H2,18,19,21,22). The molecule has 0 aliphatic heterocycles. The highest BCUT2D eigenvalue weighted by molar-refractivity contribution is 7.80. The number of anilines is 1. The second-order valence-electron chi connectivity index (χ2n) is 4.85. The summed E-state index contributed by atoms with van der Waals surface area (Å²) in [6.45, 7) is -0.0360. The lowest BCUT2D eigenvalue weighted by Gasteiger charge is -2.10. The van der Waals surface area contributed by atoms with Gasteiger partial charge in [-0.3, -0.25) is 4.79 Å². The number of benzene rings is 2. The third-order valence-electron chi connectivity index (χ3n) is 3.10. The Morgan fingerprint density at radius 3 is 2.50 bits per heavy atom. The number of nitrogens with one attached hydrogen (secondary N) is 2.